The molecule has 0 unspecified atom stereocenters. The monoisotopic (exact) mass is 452 g/mol. The molecule has 1 heterocycles. The summed E-state index contributed by atoms with van der Waals surface area (Å²) in [7, 11) is -3.44. The van der Waals surface area contributed by atoms with Gasteiger partial charge in [-0.1, -0.05) is 18.2 Å². The van der Waals surface area contributed by atoms with Crippen LogP contribution in [0.2, 0.25) is 0 Å². The molecule has 0 bridgehead atoms. The van der Waals surface area contributed by atoms with Crippen LogP contribution in [0.3, 0.4) is 0 Å². The number of hydrogen-bond donors (Lipinski definition) is 2. The molecule has 1 saturated heterocycles. The zero-order chi connectivity index (χ0) is 15.8. The van der Waals surface area contributed by atoms with Gasteiger partial charge in [0.05, 0.1) is 11.4 Å². The van der Waals surface area contributed by atoms with Crippen LogP contribution in [0.4, 0.5) is 0 Å². The first-order chi connectivity index (χ1) is 10.6. The summed E-state index contributed by atoms with van der Waals surface area (Å²) in [6.45, 7) is 5.59. The lowest BCUT2D eigenvalue weighted by Crippen LogP contribution is -2.40. The van der Waals surface area contributed by atoms with Crippen molar-refractivity contribution in [2.75, 3.05) is 32.7 Å². The van der Waals surface area contributed by atoms with Gasteiger partial charge in [0.25, 0.3) is 0 Å². The number of nitrogens with one attached hydrogen (secondary N) is 2. The first kappa shape index (κ1) is 20.2. The van der Waals surface area contributed by atoms with E-state index in [0.717, 1.165) is 25.6 Å². The number of aliphatic imine (C=N–C) groups is 1. The third-order valence-electron chi connectivity index (χ3n) is 3.46. The highest BCUT2D eigenvalue weighted by atomic mass is 127. The van der Waals surface area contributed by atoms with E-state index in [9.17, 15) is 8.42 Å². The highest BCUT2D eigenvalue weighted by Gasteiger charge is 2.16. The number of rotatable bonds is 6. The molecule has 0 aliphatic carbocycles. The Balaban J connectivity index is 0.00000264. The van der Waals surface area contributed by atoms with Crippen molar-refractivity contribution in [3.8, 4) is 0 Å². The molecule has 6 nitrogen and oxygen atoms in total. The van der Waals surface area contributed by atoms with Crippen LogP contribution in [0.5, 0.6) is 0 Å². The maximum Gasteiger partial charge on any atom is 0.240 e. The zero-order valence-electron chi connectivity index (χ0n) is 13.4. The van der Waals surface area contributed by atoms with E-state index in [1.165, 1.54) is 12.8 Å². The van der Waals surface area contributed by atoms with Crippen molar-refractivity contribution in [3.05, 3.63) is 30.3 Å². The molecule has 0 amide bonds. The number of halogens is 1. The van der Waals surface area contributed by atoms with Gasteiger partial charge in [-0.05, 0) is 31.9 Å². The molecule has 0 atom stereocenters. The molecule has 1 fully saturated rings. The van der Waals surface area contributed by atoms with Gasteiger partial charge in [0.2, 0.25) is 10.0 Å². The Kier molecular flexibility index (Phi) is 8.85. The minimum absolute atomic E-state index is 0. The summed E-state index contributed by atoms with van der Waals surface area (Å²) in [5.41, 5.74) is 0. The molecule has 130 valence electrons. The molecular weight excluding hydrogens is 427 g/mol. The number of nitrogens with zero attached hydrogens (tertiary/aromatic N) is 2. The molecule has 8 heteroatoms. The lowest BCUT2D eigenvalue weighted by Gasteiger charge is -2.20. The van der Waals surface area contributed by atoms with Crippen molar-refractivity contribution >= 4 is 40.0 Å². The maximum absolute atomic E-state index is 12.1. The lowest BCUT2D eigenvalue weighted by molar-refractivity contribution is 0.493. The second-order valence-corrected chi connectivity index (χ2v) is 6.91. The summed E-state index contributed by atoms with van der Waals surface area (Å²) >= 11 is 0. The second-order valence-electron chi connectivity index (χ2n) is 5.14. The number of likely N-dealkylation sites (tertiary alicyclic amines) is 1. The molecule has 0 aromatic heterocycles. The standard InChI is InChI=1S/C15H24N4O2S.HI/c1-2-16-15(19-12-6-7-13-19)17-10-11-18-22(20,21)14-8-4-3-5-9-14;/h3-5,8-9,18H,2,6-7,10-13H2,1H3,(H,16,17);1H. The Labute approximate surface area is 155 Å². The maximum atomic E-state index is 12.1. The van der Waals surface area contributed by atoms with Gasteiger partial charge in [-0.3, -0.25) is 4.99 Å². The number of guanidine groups is 1. The normalized spacial score (nSPS) is 15.3. The second kappa shape index (κ2) is 10.1. The van der Waals surface area contributed by atoms with Crippen molar-refractivity contribution in [2.45, 2.75) is 24.7 Å². The quantitative estimate of drug-likeness (QED) is 0.298. The van der Waals surface area contributed by atoms with Crippen molar-refractivity contribution < 1.29 is 8.42 Å². The van der Waals surface area contributed by atoms with Crippen molar-refractivity contribution in [2.24, 2.45) is 4.99 Å². The summed E-state index contributed by atoms with van der Waals surface area (Å²) in [6.07, 6.45) is 2.37. The Hall–Kier alpha value is -0.870. The predicted molar refractivity (Wildman–Crippen MR) is 104 cm³/mol. The topological polar surface area (TPSA) is 73.8 Å². The van der Waals surface area contributed by atoms with E-state index < -0.39 is 10.0 Å². The summed E-state index contributed by atoms with van der Waals surface area (Å²) in [4.78, 5) is 7.00. The largest absolute Gasteiger partial charge is 0.357 e. The molecule has 0 radical (unpaired) electrons. The third kappa shape index (κ3) is 6.27. The molecule has 2 N–H and O–H groups in total. The van der Waals surface area contributed by atoms with Crippen molar-refractivity contribution in [1.82, 2.24) is 14.9 Å². The number of hydrogen-bond acceptors (Lipinski definition) is 3. The van der Waals surface area contributed by atoms with E-state index in [1.54, 1.807) is 30.3 Å². The van der Waals surface area contributed by atoms with Crippen LogP contribution in [0.25, 0.3) is 0 Å². The molecule has 1 aromatic carbocycles. The van der Waals surface area contributed by atoms with E-state index in [1.807, 2.05) is 6.92 Å². The fourth-order valence-electron chi connectivity index (χ4n) is 2.38. The number of benzene rings is 1. The molecule has 0 spiro atoms. The predicted octanol–water partition coefficient (Wildman–Crippen LogP) is 1.64. The lowest BCUT2D eigenvalue weighted by atomic mass is 10.4. The van der Waals surface area contributed by atoms with Crippen molar-refractivity contribution in [1.29, 1.82) is 0 Å². The SMILES string of the molecule is CCNC(=NCCNS(=O)(=O)c1ccccc1)N1CCCC1.I. The first-order valence-corrected chi connectivity index (χ1v) is 9.20. The fourth-order valence-corrected chi connectivity index (χ4v) is 3.42. The van der Waals surface area contributed by atoms with Crippen LogP contribution < -0.4 is 10.0 Å². The van der Waals surface area contributed by atoms with Gasteiger partial charge in [-0.15, -0.1) is 24.0 Å². The molecule has 0 saturated carbocycles. The van der Waals surface area contributed by atoms with E-state index in [4.69, 9.17) is 0 Å². The van der Waals surface area contributed by atoms with Crippen LogP contribution in [-0.4, -0.2) is 52.0 Å². The summed E-state index contributed by atoms with van der Waals surface area (Å²) in [5, 5.41) is 3.25. The highest BCUT2D eigenvalue weighted by Crippen LogP contribution is 2.08. The molecule has 1 aromatic rings. The molecule has 1 aliphatic heterocycles. The smallest absolute Gasteiger partial charge is 0.240 e. The van der Waals surface area contributed by atoms with Crippen LogP contribution in [0, 0.1) is 0 Å². The molecule has 2 rings (SSSR count). The van der Waals surface area contributed by atoms with Gasteiger partial charge in [0, 0.05) is 26.2 Å². The zero-order valence-corrected chi connectivity index (χ0v) is 16.5. The summed E-state index contributed by atoms with van der Waals surface area (Å²) in [5.74, 6) is 0.874. The van der Waals surface area contributed by atoms with Gasteiger partial charge >= 0.3 is 0 Å². The van der Waals surface area contributed by atoms with E-state index in [2.05, 4.69) is 19.9 Å². The van der Waals surface area contributed by atoms with Crippen LogP contribution in [0.1, 0.15) is 19.8 Å². The minimum Gasteiger partial charge on any atom is -0.357 e. The fraction of sp³-hybridized carbons (Fsp3) is 0.533. The molecule has 23 heavy (non-hydrogen) atoms. The van der Waals surface area contributed by atoms with Gasteiger partial charge in [-0.25, -0.2) is 13.1 Å². The summed E-state index contributed by atoms with van der Waals surface area (Å²) in [6, 6.07) is 8.38. The average molecular weight is 452 g/mol. The van der Waals surface area contributed by atoms with Crippen LogP contribution in [-0.2, 0) is 10.0 Å². The first-order valence-electron chi connectivity index (χ1n) is 7.71. The molecule has 1 aliphatic rings. The van der Waals surface area contributed by atoms with E-state index in [0.29, 0.717) is 13.1 Å². The van der Waals surface area contributed by atoms with Crippen LogP contribution in [0.15, 0.2) is 40.2 Å². The van der Waals surface area contributed by atoms with Crippen LogP contribution >= 0.6 is 24.0 Å². The minimum atomic E-state index is -3.44. The third-order valence-corrected chi connectivity index (χ3v) is 4.94. The average Bonchev–Trinajstić information content (AvgIpc) is 3.05. The van der Waals surface area contributed by atoms with Gasteiger partial charge in [0.1, 0.15) is 0 Å². The highest BCUT2D eigenvalue weighted by molar-refractivity contribution is 14.0. The Morgan fingerprint density at radius 1 is 1.22 bits per heavy atom. The van der Waals surface area contributed by atoms with E-state index >= 15 is 0 Å². The van der Waals surface area contributed by atoms with Gasteiger partial charge < -0.3 is 10.2 Å². The van der Waals surface area contributed by atoms with Gasteiger partial charge in [-0.2, -0.15) is 0 Å². The van der Waals surface area contributed by atoms with E-state index in [-0.39, 0.29) is 28.9 Å². The Morgan fingerprint density at radius 3 is 2.48 bits per heavy atom. The Bertz CT molecular complexity index is 587. The van der Waals surface area contributed by atoms with Crippen molar-refractivity contribution in [3.63, 3.8) is 0 Å². The number of sulfonamides is 1. The Morgan fingerprint density at radius 2 is 1.87 bits per heavy atom. The van der Waals surface area contributed by atoms with Gasteiger partial charge in [0.15, 0.2) is 5.96 Å². The molecular formula is C15H25IN4O2S. The summed E-state index contributed by atoms with van der Waals surface area (Å²) < 4.78 is 26.7.